The van der Waals surface area contributed by atoms with Crippen molar-refractivity contribution in [1.82, 2.24) is 10.6 Å². The summed E-state index contributed by atoms with van der Waals surface area (Å²) in [5.74, 6) is -1.01. The Hall–Kier alpha value is -2.04. The van der Waals surface area contributed by atoms with Crippen molar-refractivity contribution in [2.45, 2.75) is 32.7 Å². The van der Waals surface area contributed by atoms with E-state index in [9.17, 15) is 9.59 Å². The number of urea groups is 1. The van der Waals surface area contributed by atoms with Crippen LogP contribution in [0, 0.1) is 5.92 Å². The van der Waals surface area contributed by atoms with Crippen molar-refractivity contribution in [3.63, 3.8) is 0 Å². The zero-order valence-corrected chi connectivity index (χ0v) is 12.1. The van der Waals surface area contributed by atoms with Gasteiger partial charge in [0.1, 0.15) is 6.04 Å². The number of benzene rings is 1. The summed E-state index contributed by atoms with van der Waals surface area (Å²) in [5, 5.41) is 14.2. The summed E-state index contributed by atoms with van der Waals surface area (Å²) in [6.07, 6.45) is 0. The first-order valence-corrected chi connectivity index (χ1v) is 6.74. The van der Waals surface area contributed by atoms with Crippen LogP contribution in [0.4, 0.5) is 4.79 Å². The van der Waals surface area contributed by atoms with Crippen LogP contribution in [0.2, 0.25) is 0 Å². The van der Waals surface area contributed by atoms with Gasteiger partial charge in [-0.3, -0.25) is 0 Å². The van der Waals surface area contributed by atoms with Crippen LogP contribution < -0.4 is 10.6 Å². The normalized spacial score (nSPS) is 13.6. The van der Waals surface area contributed by atoms with Crippen molar-refractivity contribution in [1.29, 1.82) is 0 Å². The Balaban J connectivity index is 2.45. The van der Waals surface area contributed by atoms with Crippen molar-refractivity contribution >= 4 is 12.0 Å². The summed E-state index contributed by atoms with van der Waals surface area (Å²) in [6.45, 7) is 5.98. The van der Waals surface area contributed by atoms with Crippen molar-refractivity contribution in [3.8, 4) is 0 Å². The van der Waals surface area contributed by atoms with E-state index < -0.39 is 18.0 Å². The van der Waals surface area contributed by atoms with Crippen LogP contribution in [0.5, 0.6) is 0 Å². The molecule has 0 bridgehead atoms. The fourth-order valence-electron chi connectivity index (χ4n) is 1.85. The Morgan fingerprint density at radius 3 is 2.25 bits per heavy atom. The molecule has 2 amide bonds. The third-order valence-corrected chi connectivity index (χ3v) is 3.16. The van der Waals surface area contributed by atoms with Crippen molar-refractivity contribution in [2.75, 3.05) is 6.54 Å². The Labute approximate surface area is 119 Å². The molecular formula is C15H22N2O3. The zero-order chi connectivity index (χ0) is 15.1. The maximum absolute atomic E-state index is 11.7. The number of nitrogens with one attached hydrogen (secondary N) is 2. The molecule has 0 fully saturated rings. The molecule has 0 saturated heterocycles. The van der Waals surface area contributed by atoms with Crippen molar-refractivity contribution < 1.29 is 14.7 Å². The zero-order valence-electron chi connectivity index (χ0n) is 12.1. The minimum atomic E-state index is -1.02. The number of hydrogen-bond acceptors (Lipinski definition) is 2. The summed E-state index contributed by atoms with van der Waals surface area (Å²) < 4.78 is 0. The van der Waals surface area contributed by atoms with E-state index in [1.165, 1.54) is 0 Å². The summed E-state index contributed by atoms with van der Waals surface area (Å²) in [6, 6.07) is 8.51. The van der Waals surface area contributed by atoms with E-state index in [0.717, 1.165) is 5.56 Å². The Morgan fingerprint density at radius 2 is 1.75 bits per heavy atom. The lowest BCUT2D eigenvalue weighted by Gasteiger charge is -2.19. The number of carbonyl (C=O) groups excluding carboxylic acids is 1. The third kappa shape index (κ3) is 4.91. The minimum absolute atomic E-state index is 0.162. The first-order valence-electron chi connectivity index (χ1n) is 6.74. The number of carboxylic acids is 1. The number of carbonyl (C=O) groups is 2. The van der Waals surface area contributed by atoms with E-state index >= 15 is 0 Å². The van der Waals surface area contributed by atoms with E-state index in [1.54, 1.807) is 13.8 Å². The SMILES string of the molecule is CC(CNC(=O)N[C@@H](C(=O)O)C(C)C)c1ccccc1. The largest absolute Gasteiger partial charge is 0.480 e. The Bertz CT molecular complexity index is 446. The van der Waals surface area contributed by atoms with Crippen LogP contribution in [0.3, 0.4) is 0 Å². The standard InChI is InChI=1S/C15H22N2O3/c1-10(2)13(14(18)19)17-15(20)16-9-11(3)12-7-5-4-6-8-12/h4-8,10-11,13H,9H2,1-3H3,(H,18,19)(H2,16,17,20)/t11?,13-/m1/s1. The molecule has 0 heterocycles. The lowest BCUT2D eigenvalue weighted by Crippen LogP contribution is -2.49. The van der Waals surface area contributed by atoms with E-state index in [0.29, 0.717) is 6.54 Å². The van der Waals surface area contributed by atoms with Crippen molar-refractivity contribution in [2.24, 2.45) is 5.92 Å². The quantitative estimate of drug-likeness (QED) is 0.746. The van der Waals surface area contributed by atoms with Crippen LogP contribution >= 0.6 is 0 Å². The number of carboxylic acid groups (broad SMARTS) is 1. The molecule has 0 aliphatic heterocycles. The molecule has 1 aromatic rings. The third-order valence-electron chi connectivity index (χ3n) is 3.16. The monoisotopic (exact) mass is 278 g/mol. The van der Waals surface area contributed by atoms with Gasteiger partial charge in [-0.1, -0.05) is 51.1 Å². The van der Waals surface area contributed by atoms with Gasteiger partial charge < -0.3 is 15.7 Å². The van der Waals surface area contributed by atoms with Gasteiger partial charge in [0.15, 0.2) is 0 Å². The second-order valence-corrected chi connectivity index (χ2v) is 5.23. The van der Waals surface area contributed by atoms with Gasteiger partial charge in [-0.25, -0.2) is 9.59 Å². The predicted octanol–water partition coefficient (Wildman–Crippen LogP) is 2.20. The maximum Gasteiger partial charge on any atom is 0.326 e. The molecule has 0 saturated carbocycles. The number of amides is 2. The topological polar surface area (TPSA) is 78.4 Å². The molecule has 20 heavy (non-hydrogen) atoms. The van der Waals surface area contributed by atoms with E-state index in [2.05, 4.69) is 10.6 Å². The molecule has 3 N–H and O–H groups in total. The summed E-state index contributed by atoms with van der Waals surface area (Å²) in [7, 11) is 0. The van der Waals surface area contributed by atoms with Crippen LogP contribution in [0.15, 0.2) is 30.3 Å². The van der Waals surface area contributed by atoms with E-state index in [1.807, 2.05) is 37.3 Å². The molecule has 1 unspecified atom stereocenters. The van der Waals surface area contributed by atoms with Gasteiger partial charge in [-0.05, 0) is 17.4 Å². The van der Waals surface area contributed by atoms with Gasteiger partial charge >= 0.3 is 12.0 Å². The van der Waals surface area contributed by atoms with Gasteiger partial charge in [-0.2, -0.15) is 0 Å². The molecule has 5 nitrogen and oxygen atoms in total. The van der Waals surface area contributed by atoms with Gasteiger partial charge in [0.05, 0.1) is 0 Å². The minimum Gasteiger partial charge on any atom is -0.480 e. The van der Waals surface area contributed by atoms with Crippen LogP contribution in [-0.4, -0.2) is 29.7 Å². The smallest absolute Gasteiger partial charge is 0.326 e. The highest BCUT2D eigenvalue weighted by Gasteiger charge is 2.23. The number of hydrogen-bond donors (Lipinski definition) is 3. The molecule has 0 aliphatic carbocycles. The van der Waals surface area contributed by atoms with Gasteiger partial charge in [0.25, 0.3) is 0 Å². The van der Waals surface area contributed by atoms with Crippen LogP contribution in [0.25, 0.3) is 0 Å². The second-order valence-electron chi connectivity index (χ2n) is 5.23. The van der Waals surface area contributed by atoms with Crippen molar-refractivity contribution in [3.05, 3.63) is 35.9 Å². The molecule has 0 aromatic heterocycles. The van der Waals surface area contributed by atoms with Crippen LogP contribution in [-0.2, 0) is 4.79 Å². The molecule has 0 radical (unpaired) electrons. The highest BCUT2D eigenvalue weighted by atomic mass is 16.4. The van der Waals surface area contributed by atoms with Gasteiger partial charge in [-0.15, -0.1) is 0 Å². The molecule has 110 valence electrons. The average Bonchev–Trinajstić information content (AvgIpc) is 2.42. The summed E-state index contributed by atoms with van der Waals surface area (Å²) >= 11 is 0. The van der Waals surface area contributed by atoms with E-state index in [4.69, 9.17) is 5.11 Å². The van der Waals surface area contributed by atoms with E-state index in [-0.39, 0.29) is 11.8 Å². The Morgan fingerprint density at radius 1 is 1.15 bits per heavy atom. The fraction of sp³-hybridized carbons (Fsp3) is 0.467. The highest BCUT2D eigenvalue weighted by Crippen LogP contribution is 2.12. The average molecular weight is 278 g/mol. The molecule has 1 aromatic carbocycles. The summed E-state index contributed by atoms with van der Waals surface area (Å²) in [4.78, 5) is 22.7. The number of aliphatic carboxylic acids is 1. The first-order chi connectivity index (χ1) is 9.41. The molecule has 2 atom stereocenters. The Kier molecular flexibility index (Phi) is 6.03. The lowest BCUT2D eigenvalue weighted by molar-refractivity contribution is -0.140. The predicted molar refractivity (Wildman–Crippen MR) is 77.7 cm³/mol. The van der Waals surface area contributed by atoms with Gasteiger partial charge in [0.2, 0.25) is 0 Å². The molecule has 0 aliphatic rings. The molecule has 1 rings (SSSR count). The molecule has 0 spiro atoms. The highest BCUT2D eigenvalue weighted by molar-refractivity contribution is 5.82. The molecule has 5 heteroatoms. The van der Waals surface area contributed by atoms with Gasteiger partial charge in [0, 0.05) is 6.54 Å². The molecular weight excluding hydrogens is 256 g/mol. The summed E-state index contributed by atoms with van der Waals surface area (Å²) in [5.41, 5.74) is 1.13. The number of rotatable bonds is 6. The first kappa shape index (κ1) is 16.0. The second kappa shape index (κ2) is 7.53. The lowest BCUT2D eigenvalue weighted by atomic mass is 10.0. The maximum atomic E-state index is 11.7. The van der Waals surface area contributed by atoms with Crippen LogP contribution in [0.1, 0.15) is 32.3 Å². The fourth-order valence-corrected chi connectivity index (χ4v) is 1.85.